The third-order valence-electron chi connectivity index (χ3n) is 5.28. The predicted octanol–water partition coefficient (Wildman–Crippen LogP) is 4.39. The molecule has 0 aliphatic carbocycles. The Balaban J connectivity index is 0.00000363. The standard InChI is InChI=1S/C24H31ClN4O2.HI/c1-3-26-24(27-13-12-20-10-11-21(31-2)15-22(20)25)28-16-18-6-8-19(9-7-18)17-29-14-4-5-23(29)30;/h6-11,15H,3-5,12-14,16-17H2,1-2H3,(H2,26,27,28);1H. The fourth-order valence-electron chi connectivity index (χ4n) is 3.53. The summed E-state index contributed by atoms with van der Waals surface area (Å²) in [7, 11) is 1.63. The monoisotopic (exact) mass is 570 g/mol. The second kappa shape index (κ2) is 13.5. The molecular formula is C24H32ClIN4O2. The minimum Gasteiger partial charge on any atom is -0.497 e. The quantitative estimate of drug-likeness (QED) is 0.267. The van der Waals surface area contributed by atoms with E-state index >= 15 is 0 Å². The van der Waals surface area contributed by atoms with Crippen molar-refractivity contribution in [3.63, 3.8) is 0 Å². The fraction of sp³-hybridized carbons (Fsp3) is 0.417. The highest BCUT2D eigenvalue weighted by Crippen LogP contribution is 2.22. The van der Waals surface area contributed by atoms with Gasteiger partial charge in [-0.3, -0.25) is 4.79 Å². The summed E-state index contributed by atoms with van der Waals surface area (Å²) in [5, 5.41) is 7.35. The van der Waals surface area contributed by atoms with E-state index in [-0.39, 0.29) is 29.9 Å². The maximum atomic E-state index is 11.8. The van der Waals surface area contributed by atoms with Crippen LogP contribution in [0.25, 0.3) is 0 Å². The number of hydrogen-bond acceptors (Lipinski definition) is 3. The first-order valence-corrected chi connectivity index (χ1v) is 11.2. The number of nitrogens with one attached hydrogen (secondary N) is 2. The lowest BCUT2D eigenvalue weighted by Gasteiger charge is -2.15. The molecule has 32 heavy (non-hydrogen) atoms. The molecule has 1 fully saturated rings. The van der Waals surface area contributed by atoms with Crippen LogP contribution < -0.4 is 15.4 Å². The molecule has 1 heterocycles. The molecule has 1 saturated heterocycles. The highest BCUT2D eigenvalue weighted by Gasteiger charge is 2.19. The van der Waals surface area contributed by atoms with Gasteiger partial charge in [0.25, 0.3) is 0 Å². The normalized spacial score (nSPS) is 13.7. The van der Waals surface area contributed by atoms with Gasteiger partial charge in [-0.1, -0.05) is 41.9 Å². The molecule has 1 aliphatic heterocycles. The summed E-state index contributed by atoms with van der Waals surface area (Å²) >= 11 is 6.32. The lowest BCUT2D eigenvalue weighted by atomic mass is 10.1. The average molecular weight is 571 g/mol. The van der Waals surface area contributed by atoms with Crippen molar-refractivity contribution in [2.75, 3.05) is 26.7 Å². The van der Waals surface area contributed by atoms with Crippen LogP contribution in [0.15, 0.2) is 47.5 Å². The zero-order valence-corrected chi connectivity index (χ0v) is 21.8. The summed E-state index contributed by atoms with van der Waals surface area (Å²) in [5.74, 6) is 1.79. The highest BCUT2D eigenvalue weighted by molar-refractivity contribution is 14.0. The van der Waals surface area contributed by atoms with E-state index in [4.69, 9.17) is 16.3 Å². The van der Waals surface area contributed by atoms with Crippen LogP contribution in [0, 0.1) is 0 Å². The maximum absolute atomic E-state index is 11.8. The van der Waals surface area contributed by atoms with E-state index in [0.29, 0.717) is 24.5 Å². The van der Waals surface area contributed by atoms with E-state index in [1.54, 1.807) is 7.11 Å². The number of carbonyl (C=O) groups is 1. The second-order valence-corrected chi connectivity index (χ2v) is 7.97. The van der Waals surface area contributed by atoms with Crippen molar-refractivity contribution in [1.29, 1.82) is 0 Å². The Bertz CT molecular complexity index is 905. The molecule has 6 nitrogen and oxygen atoms in total. The van der Waals surface area contributed by atoms with Gasteiger partial charge in [0.05, 0.1) is 13.7 Å². The average Bonchev–Trinajstić information content (AvgIpc) is 3.18. The zero-order chi connectivity index (χ0) is 22.1. The first-order valence-electron chi connectivity index (χ1n) is 10.8. The molecule has 0 aromatic heterocycles. The van der Waals surface area contributed by atoms with Gasteiger partial charge >= 0.3 is 0 Å². The predicted molar refractivity (Wildman–Crippen MR) is 141 cm³/mol. The number of halogens is 2. The third kappa shape index (κ3) is 7.85. The van der Waals surface area contributed by atoms with Gasteiger partial charge < -0.3 is 20.3 Å². The molecule has 0 spiro atoms. The molecule has 2 aromatic rings. The van der Waals surface area contributed by atoms with Gasteiger partial charge in [-0.2, -0.15) is 0 Å². The Labute approximate surface area is 212 Å². The number of rotatable bonds is 9. The smallest absolute Gasteiger partial charge is 0.222 e. The van der Waals surface area contributed by atoms with Crippen molar-refractivity contribution < 1.29 is 9.53 Å². The number of ether oxygens (including phenoxy) is 1. The van der Waals surface area contributed by atoms with Crippen LogP contribution in [0.4, 0.5) is 0 Å². The number of nitrogens with zero attached hydrogens (tertiary/aromatic N) is 2. The van der Waals surface area contributed by atoms with Crippen LogP contribution in [-0.2, 0) is 24.3 Å². The van der Waals surface area contributed by atoms with Crippen LogP contribution in [0.1, 0.15) is 36.5 Å². The largest absolute Gasteiger partial charge is 0.497 e. The number of guanidine groups is 1. The molecule has 2 N–H and O–H groups in total. The second-order valence-electron chi connectivity index (χ2n) is 7.56. The number of amides is 1. The van der Waals surface area contributed by atoms with Crippen molar-refractivity contribution in [2.24, 2.45) is 4.99 Å². The van der Waals surface area contributed by atoms with Crippen LogP contribution >= 0.6 is 35.6 Å². The number of aliphatic imine (C=N–C) groups is 1. The summed E-state index contributed by atoms with van der Waals surface area (Å²) in [4.78, 5) is 18.4. The van der Waals surface area contributed by atoms with E-state index in [2.05, 4.69) is 39.9 Å². The van der Waals surface area contributed by atoms with Crippen molar-refractivity contribution in [3.05, 3.63) is 64.2 Å². The Morgan fingerprint density at radius 2 is 1.91 bits per heavy atom. The summed E-state index contributed by atoms with van der Waals surface area (Å²) in [6.45, 7) is 5.71. The summed E-state index contributed by atoms with van der Waals surface area (Å²) in [6.07, 6.45) is 2.44. The van der Waals surface area contributed by atoms with Gasteiger partial charge in [0.1, 0.15) is 5.75 Å². The topological polar surface area (TPSA) is 66.0 Å². The number of methoxy groups -OCH3 is 1. The molecule has 0 bridgehead atoms. The summed E-state index contributed by atoms with van der Waals surface area (Å²) < 4.78 is 5.20. The van der Waals surface area contributed by atoms with E-state index in [1.165, 1.54) is 0 Å². The van der Waals surface area contributed by atoms with Gasteiger partial charge in [0, 0.05) is 37.6 Å². The Morgan fingerprint density at radius 1 is 1.16 bits per heavy atom. The zero-order valence-electron chi connectivity index (χ0n) is 18.7. The lowest BCUT2D eigenvalue weighted by Crippen LogP contribution is -2.38. The van der Waals surface area contributed by atoms with Gasteiger partial charge in [-0.25, -0.2) is 4.99 Å². The van der Waals surface area contributed by atoms with Gasteiger partial charge in [-0.15, -0.1) is 24.0 Å². The summed E-state index contributed by atoms with van der Waals surface area (Å²) in [5.41, 5.74) is 3.36. The molecule has 0 saturated carbocycles. The molecule has 2 aromatic carbocycles. The van der Waals surface area contributed by atoms with Crippen molar-refractivity contribution in [3.8, 4) is 5.75 Å². The van der Waals surface area contributed by atoms with Crippen LogP contribution in [0.2, 0.25) is 5.02 Å². The summed E-state index contributed by atoms with van der Waals surface area (Å²) in [6, 6.07) is 14.1. The number of carbonyl (C=O) groups excluding carboxylic acids is 1. The molecule has 0 unspecified atom stereocenters. The van der Waals surface area contributed by atoms with E-state index in [1.807, 2.05) is 30.0 Å². The Kier molecular flexibility index (Phi) is 11.1. The van der Waals surface area contributed by atoms with Gasteiger partial charge in [0.15, 0.2) is 5.96 Å². The number of benzene rings is 2. The minimum absolute atomic E-state index is 0. The van der Waals surface area contributed by atoms with E-state index in [9.17, 15) is 4.79 Å². The van der Waals surface area contributed by atoms with Crippen molar-refractivity contribution in [2.45, 2.75) is 39.3 Å². The molecule has 1 amide bonds. The highest BCUT2D eigenvalue weighted by atomic mass is 127. The molecule has 3 rings (SSSR count). The van der Waals surface area contributed by atoms with E-state index < -0.39 is 0 Å². The molecule has 0 atom stereocenters. The molecule has 1 aliphatic rings. The lowest BCUT2D eigenvalue weighted by molar-refractivity contribution is -0.128. The molecule has 8 heteroatoms. The van der Waals surface area contributed by atoms with Gasteiger partial charge in [-0.05, 0) is 48.6 Å². The number of likely N-dealkylation sites (tertiary alicyclic amines) is 1. The fourth-order valence-corrected chi connectivity index (χ4v) is 3.79. The van der Waals surface area contributed by atoms with Gasteiger partial charge in [0.2, 0.25) is 5.91 Å². The molecule has 0 radical (unpaired) electrons. The molecule has 174 valence electrons. The maximum Gasteiger partial charge on any atom is 0.222 e. The Morgan fingerprint density at radius 3 is 2.53 bits per heavy atom. The number of hydrogen-bond donors (Lipinski definition) is 2. The third-order valence-corrected chi connectivity index (χ3v) is 5.63. The van der Waals surface area contributed by atoms with Crippen LogP contribution in [0.5, 0.6) is 5.75 Å². The molecular weight excluding hydrogens is 539 g/mol. The SMILES string of the molecule is CCNC(=NCc1ccc(CN2CCCC2=O)cc1)NCCc1ccc(OC)cc1Cl.I. The van der Waals surface area contributed by atoms with Crippen molar-refractivity contribution in [1.82, 2.24) is 15.5 Å². The van der Waals surface area contributed by atoms with Crippen LogP contribution in [0.3, 0.4) is 0 Å². The van der Waals surface area contributed by atoms with Crippen molar-refractivity contribution >= 4 is 47.4 Å². The first-order chi connectivity index (χ1) is 15.1. The van der Waals surface area contributed by atoms with E-state index in [0.717, 1.165) is 60.9 Å². The first kappa shape index (κ1) is 26.3. The minimum atomic E-state index is 0. The van der Waals surface area contributed by atoms with Crippen LogP contribution in [-0.4, -0.2) is 43.5 Å². The Hall–Kier alpha value is -2.00.